The second kappa shape index (κ2) is 11.4. The number of anilines is 1. The zero-order chi connectivity index (χ0) is 27.5. The molecule has 5 aromatic rings. The van der Waals surface area contributed by atoms with E-state index in [-0.39, 0.29) is 17.9 Å². The summed E-state index contributed by atoms with van der Waals surface area (Å²) >= 11 is 0. The fraction of sp³-hybridized carbons (Fsp3) is 0.281. The van der Waals surface area contributed by atoms with Crippen LogP contribution in [0.15, 0.2) is 79.0 Å². The van der Waals surface area contributed by atoms with E-state index in [1.54, 1.807) is 0 Å². The number of carbonyl (C=O) groups is 1. The highest BCUT2D eigenvalue weighted by Crippen LogP contribution is 2.31. The molecular formula is C32H35N7O. The van der Waals surface area contributed by atoms with Gasteiger partial charge in [0.1, 0.15) is 5.82 Å². The third-order valence-electron chi connectivity index (χ3n) is 8.16. The molecular weight excluding hydrogens is 498 g/mol. The first-order valence-corrected chi connectivity index (χ1v) is 14.0. The van der Waals surface area contributed by atoms with Crippen LogP contribution in [0.25, 0.3) is 33.3 Å². The number of benzene rings is 3. The third kappa shape index (κ3) is 5.49. The number of nitrogen functional groups attached to an aromatic ring is 1. The molecule has 1 atom stereocenters. The summed E-state index contributed by atoms with van der Waals surface area (Å²) in [4.78, 5) is 21.8. The Bertz CT molecular complexity index is 1600. The number of fused-ring (bicyclic) bond motifs is 1. The smallest absolute Gasteiger partial charge is 0.223 e. The Morgan fingerprint density at radius 1 is 0.950 bits per heavy atom. The molecule has 0 bridgehead atoms. The number of hydrogen-bond donors (Lipinski definition) is 5. The molecule has 0 saturated heterocycles. The summed E-state index contributed by atoms with van der Waals surface area (Å²) in [5.74, 6) is 1.82. The minimum Gasteiger partial charge on any atom is -0.382 e. The molecule has 3 aromatic carbocycles. The summed E-state index contributed by atoms with van der Waals surface area (Å²) in [6, 6.07) is 24.5. The van der Waals surface area contributed by atoms with Crippen molar-refractivity contribution in [3.05, 3.63) is 90.4 Å². The molecule has 6 rings (SSSR count). The number of rotatable bonds is 8. The van der Waals surface area contributed by atoms with Crippen molar-refractivity contribution in [1.82, 2.24) is 25.5 Å². The van der Waals surface area contributed by atoms with Gasteiger partial charge >= 0.3 is 0 Å². The molecule has 1 fully saturated rings. The van der Waals surface area contributed by atoms with Gasteiger partial charge in [-0.3, -0.25) is 9.89 Å². The average Bonchev–Trinajstić information content (AvgIpc) is 3.64. The summed E-state index contributed by atoms with van der Waals surface area (Å²) in [7, 11) is 0. The predicted octanol–water partition coefficient (Wildman–Crippen LogP) is 5.37. The average molecular weight is 534 g/mol. The van der Waals surface area contributed by atoms with Crippen LogP contribution in [-0.4, -0.2) is 32.6 Å². The molecule has 0 radical (unpaired) electrons. The van der Waals surface area contributed by atoms with Crippen molar-refractivity contribution in [2.24, 2.45) is 17.6 Å². The normalized spacial score (nSPS) is 18.0. The lowest BCUT2D eigenvalue weighted by molar-refractivity contribution is -0.127. The van der Waals surface area contributed by atoms with Gasteiger partial charge in [-0.25, -0.2) is 4.98 Å². The second-order valence-electron chi connectivity index (χ2n) is 10.8. The van der Waals surface area contributed by atoms with Crippen molar-refractivity contribution in [2.45, 2.75) is 38.1 Å². The number of aromatic amines is 2. The van der Waals surface area contributed by atoms with E-state index in [2.05, 4.69) is 56.9 Å². The number of H-pyrrole nitrogens is 2. The molecule has 1 amide bonds. The van der Waals surface area contributed by atoms with Crippen molar-refractivity contribution in [2.75, 3.05) is 12.3 Å². The number of nitrogens with one attached hydrogen (secondary N) is 3. The van der Waals surface area contributed by atoms with Crippen LogP contribution in [0.4, 0.5) is 5.82 Å². The largest absolute Gasteiger partial charge is 0.382 e. The lowest BCUT2D eigenvalue weighted by Gasteiger charge is -2.28. The van der Waals surface area contributed by atoms with E-state index >= 15 is 0 Å². The fourth-order valence-corrected chi connectivity index (χ4v) is 5.77. The van der Waals surface area contributed by atoms with Crippen LogP contribution in [0.1, 0.15) is 43.1 Å². The molecule has 2 heterocycles. The number of nitrogens with two attached hydrogens (primary N) is 2. The van der Waals surface area contributed by atoms with Crippen LogP contribution in [0.5, 0.6) is 0 Å². The van der Waals surface area contributed by atoms with Gasteiger partial charge in [0, 0.05) is 23.1 Å². The summed E-state index contributed by atoms with van der Waals surface area (Å²) < 4.78 is 0. The number of nitrogens with zero attached hydrogens (tertiary/aromatic N) is 2. The molecule has 8 nitrogen and oxygen atoms in total. The summed E-state index contributed by atoms with van der Waals surface area (Å²) in [5, 5.41) is 11.3. The first kappa shape index (κ1) is 25.8. The number of amides is 1. The van der Waals surface area contributed by atoms with Crippen molar-refractivity contribution in [3.63, 3.8) is 0 Å². The molecule has 40 heavy (non-hydrogen) atoms. The lowest BCUT2D eigenvalue weighted by Crippen LogP contribution is -2.37. The van der Waals surface area contributed by atoms with E-state index in [0.717, 1.165) is 70.4 Å². The summed E-state index contributed by atoms with van der Waals surface area (Å²) in [6.45, 7) is 0.695. The summed E-state index contributed by atoms with van der Waals surface area (Å²) in [5.41, 5.74) is 17.9. The maximum Gasteiger partial charge on any atom is 0.223 e. The second-order valence-corrected chi connectivity index (χ2v) is 10.8. The SMILES string of the molecule is NCC1CCC(C(=O)NC(Cc2cccc(-c3ccccc3)c2)c2nc(-c3ccc4c(N)n[nH]c4c3)c[nH]2)CC1. The Kier molecular flexibility index (Phi) is 7.33. The number of imidazole rings is 1. The van der Waals surface area contributed by atoms with Crippen LogP contribution >= 0.6 is 0 Å². The van der Waals surface area contributed by atoms with Crippen molar-refractivity contribution < 1.29 is 4.79 Å². The molecule has 1 unspecified atom stereocenters. The van der Waals surface area contributed by atoms with Gasteiger partial charge < -0.3 is 21.8 Å². The van der Waals surface area contributed by atoms with Gasteiger partial charge in [-0.15, -0.1) is 0 Å². The highest BCUT2D eigenvalue weighted by Gasteiger charge is 2.28. The molecule has 0 aliphatic heterocycles. The Morgan fingerprint density at radius 2 is 1.75 bits per heavy atom. The van der Waals surface area contributed by atoms with Crippen LogP contribution in [-0.2, 0) is 11.2 Å². The third-order valence-corrected chi connectivity index (χ3v) is 8.16. The monoisotopic (exact) mass is 533 g/mol. The molecule has 0 spiro atoms. The van der Waals surface area contributed by atoms with Crippen molar-refractivity contribution in [3.8, 4) is 22.4 Å². The predicted molar refractivity (Wildman–Crippen MR) is 159 cm³/mol. The molecule has 7 N–H and O–H groups in total. The Labute approximate surface area is 233 Å². The summed E-state index contributed by atoms with van der Waals surface area (Å²) in [6.07, 6.45) is 6.27. The van der Waals surface area contributed by atoms with E-state index in [1.807, 2.05) is 42.6 Å². The first-order valence-electron chi connectivity index (χ1n) is 14.0. The maximum absolute atomic E-state index is 13.5. The molecule has 8 heteroatoms. The van der Waals surface area contributed by atoms with Gasteiger partial charge in [-0.2, -0.15) is 5.10 Å². The quantitative estimate of drug-likeness (QED) is 0.183. The number of hydrogen-bond acceptors (Lipinski definition) is 5. The maximum atomic E-state index is 13.5. The minimum atomic E-state index is -0.300. The van der Waals surface area contributed by atoms with Crippen LogP contribution in [0.3, 0.4) is 0 Å². The van der Waals surface area contributed by atoms with E-state index < -0.39 is 0 Å². The molecule has 1 aliphatic rings. The Hall–Kier alpha value is -4.43. The van der Waals surface area contributed by atoms with Crippen molar-refractivity contribution in [1.29, 1.82) is 0 Å². The number of carbonyl (C=O) groups excluding carboxylic acids is 1. The van der Waals surface area contributed by atoms with Crippen molar-refractivity contribution >= 4 is 22.6 Å². The fourth-order valence-electron chi connectivity index (χ4n) is 5.77. The zero-order valence-electron chi connectivity index (χ0n) is 22.4. The molecule has 2 aromatic heterocycles. The zero-order valence-corrected chi connectivity index (χ0v) is 22.4. The van der Waals surface area contributed by atoms with Crippen LogP contribution < -0.4 is 16.8 Å². The van der Waals surface area contributed by atoms with E-state index in [4.69, 9.17) is 16.5 Å². The Balaban J connectivity index is 1.27. The molecule has 1 saturated carbocycles. The van der Waals surface area contributed by atoms with E-state index in [9.17, 15) is 4.79 Å². The topological polar surface area (TPSA) is 138 Å². The standard InChI is InChI=1S/C32H35N7O/c33-18-20-9-11-23(12-10-20)32(40)37-28(16-21-5-4-8-24(15-21)22-6-2-1-3-7-22)31-35-19-29(36-31)25-13-14-26-27(17-25)38-39-30(26)34/h1-8,13-15,17,19-20,23,28H,9-12,16,18,33H2,(H,35,36)(H,37,40)(H3,34,38,39). The van der Waals surface area contributed by atoms with Gasteiger partial charge in [0.15, 0.2) is 5.82 Å². The highest BCUT2D eigenvalue weighted by molar-refractivity contribution is 5.91. The molecule has 1 aliphatic carbocycles. The van der Waals surface area contributed by atoms with E-state index in [1.165, 1.54) is 0 Å². The van der Waals surface area contributed by atoms with Gasteiger partial charge in [-0.05, 0) is 73.4 Å². The van der Waals surface area contributed by atoms with Gasteiger partial charge in [0.2, 0.25) is 5.91 Å². The number of aromatic nitrogens is 4. The highest BCUT2D eigenvalue weighted by atomic mass is 16.2. The van der Waals surface area contributed by atoms with Gasteiger partial charge in [0.05, 0.1) is 17.3 Å². The first-order chi connectivity index (χ1) is 19.6. The molecule has 204 valence electrons. The van der Waals surface area contributed by atoms with Crippen LogP contribution in [0, 0.1) is 11.8 Å². The lowest BCUT2D eigenvalue weighted by atomic mass is 9.81. The van der Waals surface area contributed by atoms with Gasteiger partial charge in [-0.1, -0.05) is 60.7 Å². The minimum absolute atomic E-state index is 0.00336. The Morgan fingerprint density at radius 3 is 2.55 bits per heavy atom. The van der Waals surface area contributed by atoms with Gasteiger partial charge in [0.25, 0.3) is 0 Å². The van der Waals surface area contributed by atoms with E-state index in [0.29, 0.717) is 24.7 Å². The van der Waals surface area contributed by atoms with Crippen LogP contribution in [0.2, 0.25) is 0 Å².